The maximum atomic E-state index is 13.1. The number of hydrazone groups is 1. The number of anilines is 1. The minimum atomic E-state index is -0.319. The Balaban J connectivity index is 1.83. The van der Waals surface area contributed by atoms with Gasteiger partial charge in [-0.05, 0) is 54.8 Å². The van der Waals surface area contributed by atoms with Gasteiger partial charge in [0.1, 0.15) is 0 Å². The molecule has 1 amide bonds. The van der Waals surface area contributed by atoms with Crippen LogP contribution in [0, 0.1) is 0 Å². The van der Waals surface area contributed by atoms with Crippen LogP contribution in [-0.4, -0.2) is 16.2 Å². The molecule has 150 valence electrons. The molecule has 0 atom stereocenters. The highest BCUT2D eigenvalue weighted by atomic mass is 35.5. The standard InChI is InChI=1S/C23H17Cl2N3O2/c1-3-9-27-21-13-18(25)8-7-15(21)10-16(22(27)29)11-20-14(2)26-28(23(20)30)19-6-4-5-17(24)12-19/h3-8,10-13H,1,9H2,2H3/b20-11-. The Morgan fingerprint density at radius 3 is 2.57 bits per heavy atom. The van der Waals surface area contributed by atoms with E-state index in [1.807, 2.05) is 6.07 Å². The van der Waals surface area contributed by atoms with Gasteiger partial charge in [-0.2, -0.15) is 10.1 Å². The zero-order chi connectivity index (χ0) is 21.4. The molecular formula is C23H17Cl2N3O2. The minimum Gasteiger partial charge on any atom is -0.304 e. The molecule has 0 spiro atoms. The van der Waals surface area contributed by atoms with Crippen LogP contribution in [0.2, 0.25) is 10.0 Å². The molecule has 5 nitrogen and oxygen atoms in total. The van der Waals surface area contributed by atoms with Gasteiger partial charge in [0.15, 0.2) is 0 Å². The lowest BCUT2D eigenvalue weighted by atomic mass is 10.1. The van der Waals surface area contributed by atoms with Gasteiger partial charge in [0.25, 0.3) is 11.5 Å². The number of hydrogen-bond donors (Lipinski definition) is 0. The molecule has 0 unspecified atom stereocenters. The number of allylic oxidation sites excluding steroid dienone is 1. The van der Waals surface area contributed by atoms with Crippen molar-refractivity contribution in [1.29, 1.82) is 0 Å². The van der Waals surface area contributed by atoms with Gasteiger partial charge in [-0.15, -0.1) is 6.58 Å². The summed E-state index contributed by atoms with van der Waals surface area (Å²) in [5.74, 6) is -0.319. The summed E-state index contributed by atoms with van der Waals surface area (Å²) in [5, 5.41) is 7.52. The summed E-state index contributed by atoms with van der Waals surface area (Å²) in [6.45, 7) is 5.79. The highest BCUT2D eigenvalue weighted by Gasteiger charge is 2.29. The average molecular weight is 438 g/mol. The number of carbonyl (C=O) groups is 1. The Morgan fingerprint density at radius 2 is 1.83 bits per heavy atom. The van der Waals surface area contributed by atoms with Crippen molar-refractivity contribution in [2.24, 2.45) is 5.10 Å². The first kappa shape index (κ1) is 20.1. The summed E-state index contributed by atoms with van der Waals surface area (Å²) < 4.78 is 1.58. The Kier molecular flexibility index (Phi) is 5.33. The molecule has 0 saturated carbocycles. The lowest BCUT2D eigenvalue weighted by Crippen LogP contribution is -2.24. The second kappa shape index (κ2) is 7.94. The second-order valence-electron chi connectivity index (χ2n) is 6.85. The van der Waals surface area contributed by atoms with E-state index >= 15 is 0 Å². The van der Waals surface area contributed by atoms with Gasteiger partial charge in [-0.3, -0.25) is 9.59 Å². The molecule has 30 heavy (non-hydrogen) atoms. The van der Waals surface area contributed by atoms with Gasteiger partial charge in [0, 0.05) is 22.2 Å². The highest BCUT2D eigenvalue weighted by Crippen LogP contribution is 2.27. The maximum Gasteiger partial charge on any atom is 0.280 e. The van der Waals surface area contributed by atoms with Crippen LogP contribution in [0.5, 0.6) is 0 Å². The lowest BCUT2D eigenvalue weighted by Gasteiger charge is -2.12. The van der Waals surface area contributed by atoms with Crippen LogP contribution in [0.25, 0.3) is 17.0 Å². The minimum absolute atomic E-state index is 0.237. The molecule has 3 aromatic rings. The van der Waals surface area contributed by atoms with E-state index in [2.05, 4.69) is 11.7 Å². The zero-order valence-electron chi connectivity index (χ0n) is 16.1. The van der Waals surface area contributed by atoms with Crippen molar-refractivity contribution in [1.82, 2.24) is 4.57 Å². The molecule has 0 fully saturated rings. The Hall–Kier alpha value is -3.15. The van der Waals surface area contributed by atoms with Crippen LogP contribution >= 0.6 is 23.2 Å². The normalized spacial score (nSPS) is 15.2. The number of halogens is 2. The predicted molar refractivity (Wildman–Crippen MR) is 123 cm³/mol. The summed E-state index contributed by atoms with van der Waals surface area (Å²) in [4.78, 5) is 26.1. The fraction of sp³-hybridized carbons (Fsp3) is 0.0870. The van der Waals surface area contributed by atoms with Crippen molar-refractivity contribution in [3.05, 3.63) is 92.7 Å². The average Bonchev–Trinajstić information content (AvgIpc) is 2.99. The van der Waals surface area contributed by atoms with Crippen molar-refractivity contribution >= 4 is 57.5 Å². The summed E-state index contributed by atoms with van der Waals surface area (Å²) in [6, 6.07) is 14.0. The molecule has 1 aromatic heterocycles. The quantitative estimate of drug-likeness (QED) is 0.410. The first-order valence-electron chi connectivity index (χ1n) is 9.20. The van der Waals surface area contributed by atoms with Crippen LogP contribution in [0.1, 0.15) is 12.5 Å². The van der Waals surface area contributed by atoms with E-state index in [-0.39, 0.29) is 11.5 Å². The van der Waals surface area contributed by atoms with E-state index in [4.69, 9.17) is 23.2 Å². The molecule has 7 heteroatoms. The lowest BCUT2D eigenvalue weighted by molar-refractivity contribution is -0.114. The third kappa shape index (κ3) is 3.58. The number of amides is 1. The van der Waals surface area contributed by atoms with E-state index in [9.17, 15) is 9.59 Å². The largest absolute Gasteiger partial charge is 0.304 e. The smallest absolute Gasteiger partial charge is 0.280 e. The number of carbonyl (C=O) groups excluding carboxylic acids is 1. The van der Waals surface area contributed by atoms with E-state index in [0.717, 1.165) is 5.39 Å². The van der Waals surface area contributed by atoms with Gasteiger partial charge in [-0.25, -0.2) is 0 Å². The topological polar surface area (TPSA) is 54.7 Å². The van der Waals surface area contributed by atoms with Crippen LogP contribution in [0.15, 0.2) is 76.7 Å². The van der Waals surface area contributed by atoms with Gasteiger partial charge in [-0.1, -0.05) is 41.4 Å². The zero-order valence-corrected chi connectivity index (χ0v) is 17.6. The van der Waals surface area contributed by atoms with Crippen molar-refractivity contribution in [3.8, 4) is 0 Å². The molecule has 0 radical (unpaired) electrons. The Bertz CT molecular complexity index is 1320. The molecule has 0 saturated heterocycles. The second-order valence-corrected chi connectivity index (χ2v) is 7.72. The number of pyridine rings is 1. The maximum absolute atomic E-state index is 13.1. The fourth-order valence-electron chi connectivity index (χ4n) is 3.40. The molecule has 1 aliphatic rings. The third-order valence-electron chi connectivity index (χ3n) is 4.81. The van der Waals surface area contributed by atoms with E-state index in [1.54, 1.807) is 66.1 Å². The molecule has 1 aliphatic heterocycles. The molecule has 0 aliphatic carbocycles. The van der Waals surface area contributed by atoms with Crippen LogP contribution < -0.4 is 10.6 Å². The summed E-state index contributed by atoms with van der Waals surface area (Å²) in [7, 11) is 0. The number of aromatic nitrogens is 1. The predicted octanol–water partition coefficient (Wildman–Crippen LogP) is 5.30. The molecule has 0 N–H and O–H groups in total. The van der Waals surface area contributed by atoms with E-state index in [0.29, 0.717) is 44.6 Å². The van der Waals surface area contributed by atoms with Crippen LogP contribution in [0.3, 0.4) is 0 Å². The number of hydrogen-bond acceptors (Lipinski definition) is 3. The van der Waals surface area contributed by atoms with Crippen molar-refractivity contribution in [3.63, 3.8) is 0 Å². The third-order valence-corrected chi connectivity index (χ3v) is 5.28. The molecule has 2 aromatic carbocycles. The van der Waals surface area contributed by atoms with Crippen LogP contribution in [0.4, 0.5) is 5.69 Å². The van der Waals surface area contributed by atoms with E-state index < -0.39 is 0 Å². The number of nitrogens with zero attached hydrogens (tertiary/aromatic N) is 3. The van der Waals surface area contributed by atoms with Crippen molar-refractivity contribution in [2.45, 2.75) is 13.5 Å². The molecule has 2 heterocycles. The number of benzene rings is 2. The highest BCUT2D eigenvalue weighted by molar-refractivity contribution is 6.33. The summed E-state index contributed by atoms with van der Waals surface area (Å²) in [5.41, 5.74) is 2.29. The SMILES string of the molecule is C=CCn1c(=O)c(/C=C2\C(=O)N(c3cccc(Cl)c3)N=C2C)cc2ccc(Cl)cc21. The molecule has 4 rings (SSSR count). The summed E-state index contributed by atoms with van der Waals surface area (Å²) in [6.07, 6.45) is 3.23. The monoisotopic (exact) mass is 437 g/mol. The van der Waals surface area contributed by atoms with Gasteiger partial charge in [0.2, 0.25) is 0 Å². The molecule has 0 bridgehead atoms. The fourth-order valence-corrected chi connectivity index (χ4v) is 3.75. The molecular weight excluding hydrogens is 421 g/mol. The van der Waals surface area contributed by atoms with Crippen molar-refractivity contribution < 1.29 is 4.79 Å². The number of fused-ring (bicyclic) bond motifs is 1. The van der Waals surface area contributed by atoms with Crippen molar-refractivity contribution in [2.75, 3.05) is 5.01 Å². The number of rotatable bonds is 4. The summed E-state index contributed by atoms with van der Waals surface area (Å²) >= 11 is 12.2. The van der Waals surface area contributed by atoms with Crippen LogP contribution in [-0.2, 0) is 11.3 Å². The van der Waals surface area contributed by atoms with Gasteiger partial charge >= 0.3 is 0 Å². The van der Waals surface area contributed by atoms with Gasteiger partial charge < -0.3 is 4.57 Å². The first-order valence-corrected chi connectivity index (χ1v) is 9.96. The van der Waals surface area contributed by atoms with E-state index in [1.165, 1.54) is 5.01 Å². The Morgan fingerprint density at radius 1 is 1.07 bits per heavy atom. The Labute approximate surface area is 183 Å². The van der Waals surface area contributed by atoms with Gasteiger partial charge in [0.05, 0.1) is 22.5 Å². The first-order chi connectivity index (χ1) is 14.4.